The molecule has 2 atom stereocenters. The van der Waals surface area contributed by atoms with Crippen molar-refractivity contribution in [3.63, 3.8) is 0 Å². The van der Waals surface area contributed by atoms with Crippen LogP contribution in [0.3, 0.4) is 0 Å². The van der Waals surface area contributed by atoms with Crippen LogP contribution in [-0.4, -0.2) is 35.0 Å². The Labute approximate surface area is 116 Å². The second kappa shape index (κ2) is 5.13. The van der Waals surface area contributed by atoms with Crippen molar-refractivity contribution in [2.24, 2.45) is 11.1 Å². The van der Waals surface area contributed by atoms with E-state index >= 15 is 0 Å². The van der Waals surface area contributed by atoms with Gasteiger partial charge in [-0.05, 0) is 44.9 Å². The molecule has 0 aromatic heterocycles. The average molecular weight is 280 g/mol. The summed E-state index contributed by atoms with van der Waals surface area (Å²) in [6, 6.07) is 4.34. The van der Waals surface area contributed by atoms with Gasteiger partial charge in [-0.1, -0.05) is 5.16 Å². The minimum absolute atomic E-state index is 0.0358. The lowest BCUT2D eigenvalue weighted by atomic mass is 9.84. The number of hydrogen-bond donors (Lipinski definition) is 1. The lowest BCUT2D eigenvalue weighted by molar-refractivity contribution is 0.156. The molecule has 0 aliphatic carbocycles. The minimum atomic E-state index is -0.663. The van der Waals surface area contributed by atoms with Crippen LogP contribution < -0.4 is 0 Å². The first-order valence-electron chi connectivity index (χ1n) is 6.99. The van der Waals surface area contributed by atoms with Gasteiger partial charge in [-0.15, -0.1) is 0 Å². The fourth-order valence-electron chi connectivity index (χ4n) is 3.69. The Morgan fingerprint density at radius 3 is 2.45 bits per heavy atom. The van der Waals surface area contributed by atoms with Crippen molar-refractivity contribution >= 4 is 5.71 Å². The molecule has 20 heavy (non-hydrogen) atoms. The first-order chi connectivity index (χ1) is 9.60. The number of piperidine rings is 1. The molecule has 3 rings (SSSR count). The highest BCUT2D eigenvalue weighted by Gasteiger charge is 2.40. The monoisotopic (exact) mass is 280 g/mol. The Kier molecular flexibility index (Phi) is 3.46. The summed E-state index contributed by atoms with van der Waals surface area (Å²) < 4.78 is 26.9. The van der Waals surface area contributed by atoms with Crippen LogP contribution in [0.25, 0.3) is 0 Å². The smallest absolute Gasteiger partial charge is 0.135 e. The fraction of sp³-hybridized carbons (Fsp3) is 0.533. The van der Waals surface area contributed by atoms with Crippen molar-refractivity contribution in [2.45, 2.75) is 37.8 Å². The van der Waals surface area contributed by atoms with E-state index < -0.39 is 11.6 Å². The van der Waals surface area contributed by atoms with E-state index in [0.717, 1.165) is 31.7 Å². The van der Waals surface area contributed by atoms with E-state index in [4.69, 9.17) is 0 Å². The molecule has 2 aliphatic rings. The second-order valence-electron chi connectivity index (χ2n) is 5.83. The Bertz CT molecular complexity index is 533. The number of benzene rings is 1. The molecule has 2 bridgehead atoms. The molecule has 0 amide bonds. The molecule has 0 saturated carbocycles. The van der Waals surface area contributed by atoms with Crippen molar-refractivity contribution < 1.29 is 14.0 Å². The molecule has 2 heterocycles. The third-order valence-electron chi connectivity index (χ3n) is 4.80. The molecule has 2 fully saturated rings. The maximum atomic E-state index is 13.9. The molecule has 2 saturated heterocycles. The molecular weight excluding hydrogens is 262 g/mol. The van der Waals surface area contributed by atoms with E-state index in [0.29, 0.717) is 17.8 Å². The molecule has 0 radical (unpaired) electrons. The fourth-order valence-corrected chi connectivity index (χ4v) is 3.69. The van der Waals surface area contributed by atoms with Crippen LogP contribution in [0.2, 0.25) is 0 Å². The van der Waals surface area contributed by atoms with E-state index in [-0.39, 0.29) is 11.5 Å². The Morgan fingerprint density at radius 1 is 1.25 bits per heavy atom. The summed E-state index contributed by atoms with van der Waals surface area (Å²) in [6.07, 6.45) is 4.01. The third-order valence-corrected chi connectivity index (χ3v) is 4.80. The molecule has 3 nitrogen and oxygen atoms in total. The van der Waals surface area contributed by atoms with Crippen molar-refractivity contribution in [1.29, 1.82) is 0 Å². The van der Waals surface area contributed by atoms with Crippen LogP contribution in [0, 0.1) is 17.6 Å². The molecule has 0 spiro atoms. The largest absolute Gasteiger partial charge is 0.411 e. The first-order valence-corrected chi connectivity index (χ1v) is 6.99. The van der Waals surface area contributed by atoms with Gasteiger partial charge in [-0.25, -0.2) is 8.78 Å². The predicted molar refractivity (Wildman–Crippen MR) is 72.0 cm³/mol. The van der Waals surface area contributed by atoms with Crippen LogP contribution in [-0.2, 0) is 0 Å². The van der Waals surface area contributed by atoms with E-state index in [1.54, 1.807) is 0 Å². The minimum Gasteiger partial charge on any atom is -0.411 e. The summed E-state index contributed by atoms with van der Waals surface area (Å²) in [5.74, 6) is -1.25. The summed E-state index contributed by atoms with van der Waals surface area (Å²) in [5.41, 5.74) is 0.565. The molecule has 1 N–H and O–H groups in total. The maximum absolute atomic E-state index is 13.9. The standard InChI is InChI=1S/C15H18F2N2O/c1-19-11-3-4-12(19)7-9(6-11)15(18-20)13-5-2-10(16)8-14(13)17/h2,5,8-9,11-12,20H,3-4,6-7H2,1H3/b18-15+. The van der Waals surface area contributed by atoms with Gasteiger partial charge in [0, 0.05) is 29.6 Å². The van der Waals surface area contributed by atoms with E-state index in [9.17, 15) is 14.0 Å². The van der Waals surface area contributed by atoms with Gasteiger partial charge >= 0.3 is 0 Å². The highest BCUT2D eigenvalue weighted by molar-refractivity contribution is 6.02. The molecule has 5 heteroatoms. The predicted octanol–water partition coefficient (Wildman–Crippen LogP) is 3.02. The molecule has 108 valence electrons. The summed E-state index contributed by atoms with van der Waals surface area (Å²) in [7, 11) is 2.12. The number of halogens is 2. The van der Waals surface area contributed by atoms with Crippen LogP contribution in [0.15, 0.2) is 23.4 Å². The van der Waals surface area contributed by atoms with Gasteiger partial charge in [0.15, 0.2) is 0 Å². The van der Waals surface area contributed by atoms with Gasteiger partial charge in [-0.2, -0.15) is 0 Å². The maximum Gasteiger partial charge on any atom is 0.135 e. The van der Waals surface area contributed by atoms with Crippen LogP contribution >= 0.6 is 0 Å². The average Bonchev–Trinajstić information content (AvgIpc) is 2.64. The topological polar surface area (TPSA) is 35.8 Å². The Morgan fingerprint density at radius 2 is 1.90 bits per heavy atom. The summed E-state index contributed by atoms with van der Waals surface area (Å²) in [4.78, 5) is 2.37. The third kappa shape index (κ3) is 2.20. The van der Waals surface area contributed by atoms with Crippen molar-refractivity contribution in [3.8, 4) is 0 Å². The molecule has 2 aliphatic heterocycles. The summed E-state index contributed by atoms with van der Waals surface area (Å²) >= 11 is 0. The van der Waals surface area contributed by atoms with Gasteiger partial charge in [0.2, 0.25) is 0 Å². The SMILES string of the molecule is CN1C2CCC1CC(/C(=N\O)c1ccc(F)cc1F)C2. The highest BCUT2D eigenvalue weighted by Crippen LogP contribution is 2.39. The van der Waals surface area contributed by atoms with E-state index in [2.05, 4.69) is 17.1 Å². The Hall–Kier alpha value is -1.49. The number of rotatable bonds is 2. The van der Waals surface area contributed by atoms with Crippen molar-refractivity contribution in [2.75, 3.05) is 7.05 Å². The van der Waals surface area contributed by atoms with Crippen LogP contribution in [0.1, 0.15) is 31.2 Å². The lowest BCUT2D eigenvalue weighted by Crippen LogP contribution is -2.42. The van der Waals surface area contributed by atoms with Gasteiger partial charge < -0.3 is 10.1 Å². The zero-order chi connectivity index (χ0) is 14.3. The molecule has 1 aromatic carbocycles. The number of hydrogen-bond acceptors (Lipinski definition) is 3. The molecule has 1 aromatic rings. The summed E-state index contributed by atoms with van der Waals surface area (Å²) in [5, 5.41) is 12.6. The molecular formula is C15H18F2N2O. The lowest BCUT2D eigenvalue weighted by Gasteiger charge is -2.36. The zero-order valence-corrected chi connectivity index (χ0v) is 11.4. The second-order valence-corrected chi connectivity index (χ2v) is 5.83. The van der Waals surface area contributed by atoms with Gasteiger partial charge in [-0.3, -0.25) is 0 Å². The highest BCUT2D eigenvalue weighted by atomic mass is 19.1. The normalized spacial score (nSPS) is 30.8. The van der Waals surface area contributed by atoms with E-state index in [1.807, 2.05) is 0 Å². The number of oxime groups is 1. The van der Waals surface area contributed by atoms with Crippen LogP contribution in [0.5, 0.6) is 0 Å². The quantitative estimate of drug-likeness (QED) is 0.513. The van der Waals surface area contributed by atoms with Crippen molar-refractivity contribution in [1.82, 2.24) is 4.90 Å². The van der Waals surface area contributed by atoms with Crippen LogP contribution in [0.4, 0.5) is 8.78 Å². The first kappa shape index (κ1) is 13.5. The number of fused-ring (bicyclic) bond motifs is 2. The number of nitrogens with zero attached hydrogens (tertiary/aromatic N) is 2. The van der Waals surface area contributed by atoms with Gasteiger partial charge in [0.25, 0.3) is 0 Å². The Balaban J connectivity index is 1.88. The molecule has 2 unspecified atom stereocenters. The van der Waals surface area contributed by atoms with Crippen molar-refractivity contribution in [3.05, 3.63) is 35.4 Å². The summed E-state index contributed by atoms with van der Waals surface area (Å²) in [6.45, 7) is 0. The van der Waals surface area contributed by atoms with Gasteiger partial charge in [0.1, 0.15) is 11.6 Å². The zero-order valence-electron chi connectivity index (χ0n) is 11.4. The van der Waals surface area contributed by atoms with Gasteiger partial charge in [0.05, 0.1) is 5.71 Å². The van der Waals surface area contributed by atoms with E-state index in [1.165, 1.54) is 12.1 Å².